The fourth-order valence-electron chi connectivity index (χ4n) is 2.39. The number of carbonyl (C=O) groups is 1. The molecule has 1 saturated heterocycles. The first-order chi connectivity index (χ1) is 10.1. The van der Waals surface area contributed by atoms with E-state index in [1.165, 1.54) is 0 Å². The second-order valence-electron chi connectivity index (χ2n) is 4.87. The lowest BCUT2D eigenvalue weighted by molar-refractivity contribution is 0.0746. The number of carbonyl (C=O) groups excluding carboxylic acids is 1. The van der Waals surface area contributed by atoms with Crippen LogP contribution in [-0.2, 0) is 0 Å². The van der Waals surface area contributed by atoms with E-state index in [-0.39, 0.29) is 5.91 Å². The van der Waals surface area contributed by atoms with Crippen molar-refractivity contribution in [3.05, 3.63) is 39.8 Å². The number of hydrogen-bond acceptors (Lipinski definition) is 5. The minimum absolute atomic E-state index is 0.0294. The van der Waals surface area contributed by atoms with Gasteiger partial charge in [0.05, 0.1) is 0 Å². The van der Waals surface area contributed by atoms with Crippen LogP contribution < -0.4 is 10.6 Å². The highest BCUT2D eigenvalue weighted by molar-refractivity contribution is 9.10. The zero-order valence-corrected chi connectivity index (χ0v) is 13.7. The second kappa shape index (κ2) is 6.03. The molecule has 21 heavy (non-hydrogen) atoms. The Morgan fingerprint density at radius 3 is 2.62 bits per heavy atom. The highest BCUT2D eigenvalue weighted by Gasteiger charge is 2.23. The van der Waals surface area contributed by atoms with Gasteiger partial charge in [0.25, 0.3) is 5.91 Å². The quantitative estimate of drug-likeness (QED) is 0.829. The van der Waals surface area contributed by atoms with E-state index in [2.05, 4.69) is 25.8 Å². The molecule has 1 aliphatic heterocycles. The maximum atomic E-state index is 12.5. The SMILES string of the molecule is Nc1cc(Br)cc(C(=O)N2CCN(c3nccs3)CC2)c1. The molecule has 0 radical (unpaired) electrons. The van der Waals surface area contributed by atoms with Crippen molar-refractivity contribution in [2.75, 3.05) is 36.8 Å². The van der Waals surface area contributed by atoms with Gasteiger partial charge >= 0.3 is 0 Å². The number of thiazole rings is 1. The fourth-order valence-corrected chi connectivity index (χ4v) is 3.60. The van der Waals surface area contributed by atoms with Gasteiger partial charge in [-0.05, 0) is 18.2 Å². The lowest BCUT2D eigenvalue weighted by Crippen LogP contribution is -2.48. The van der Waals surface area contributed by atoms with Gasteiger partial charge in [-0.3, -0.25) is 4.79 Å². The van der Waals surface area contributed by atoms with Crippen molar-refractivity contribution >= 4 is 44.0 Å². The van der Waals surface area contributed by atoms with E-state index in [1.807, 2.05) is 22.5 Å². The average Bonchev–Trinajstić information content (AvgIpc) is 3.00. The fraction of sp³-hybridized carbons (Fsp3) is 0.286. The number of nitrogen functional groups attached to an aromatic ring is 1. The molecule has 0 aliphatic carbocycles. The molecule has 3 rings (SSSR count). The van der Waals surface area contributed by atoms with Crippen LogP contribution in [0.5, 0.6) is 0 Å². The van der Waals surface area contributed by atoms with Gasteiger partial charge < -0.3 is 15.5 Å². The average molecular weight is 367 g/mol. The topological polar surface area (TPSA) is 62.5 Å². The maximum Gasteiger partial charge on any atom is 0.254 e. The predicted molar refractivity (Wildman–Crippen MR) is 88.8 cm³/mol. The summed E-state index contributed by atoms with van der Waals surface area (Å²) in [5.41, 5.74) is 7.02. The van der Waals surface area contributed by atoms with Gasteiger partial charge in [-0.1, -0.05) is 15.9 Å². The number of nitrogens with two attached hydrogens (primary N) is 1. The van der Waals surface area contributed by atoms with Crippen molar-refractivity contribution in [1.82, 2.24) is 9.88 Å². The largest absolute Gasteiger partial charge is 0.399 e. The van der Waals surface area contributed by atoms with Crippen molar-refractivity contribution in [1.29, 1.82) is 0 Å². The molecule has 0 unspecified atom stereocenters. The Morgan fingerprint density at radius 1 is 1.24 bits per heavy atom. The molecule has 0 saturated carbocycles. The molecule has 0 atom stereocenters. The van der Waals surface area contributed by atoms with Gasteiger partial charge in [0, 0.05) is 53.5 Å². The summed E-state index contributed by atoms with van der Waals surface area (Å²) in [7, 11) is 0. The molecule has 7 heteroatoms. The zero-order valence-electron chi connectivity index (χ0n) is 11.3. The summed E-state index contributed by atoms with van der Waals surface area (Å²) in [5, 5.41) is 2.99. The molecule has 2 aromatic rings. The van der Waals surface area contributed by atoms with Crippen LogP contribution in [-0.4, -0.2) is 42.0 Å². The number of amides is 1. The number of piperazine rings is 1. The van der Waals surface area contributed by atoms with E-state index in [9.17, 15) is 4.79 Å². The van der Waals surface area contributed by atoms with Crippen molar-refractivity contribution in [3.63, 3.8) is 0 Å². The number of aromatic nitrogens is 1. The van der Waals surface area contributed by atoms with Crippen LogP contribution >= 0.6 is 27.3 Å². The number of anilines is 2. The number of nitrogens with zero attached hydrogens (tertiary/aromatic N) is 3. The Morgan fingerprint density at radius 2 is 2.00 bits per heavy atom. The molecule has 2 N–H and O–H groups in total. The number of benzene rings is 1. The van der Waals surface area contributed by atoms with E-state index < -0.39 is 0 Å². The van der Waals surface area contributed by atoms with Crippen molar-refractivity contribution in [3.8, 4) is 0 Å². The monoisotopic (exact) mass is 366 g/mol. The van der Waals surface area contributed by atoms with Crippen LogP contribution in [0.4, 0.5) is 10.8 Å². The molecule has 2 heterocycles. The molecule has 1 fully saturated rings. The minimum atomic E-state index is 0.0294. The van der Waals surface area contributed by atoms with Crippen LogP contribution in [0.1, 0.15) is 10.4 Å². The number of halogens is 1. The first kappa shape index (κ1) is 14.3. The zero-order chi connectivity index (χ0) is 14.8. The Labute approximate surface area is 135 Å². The highest BCUT2D eigenvalue weighted by Crippen LogP contribution is 2.21. The van der Waals surface area contributed by atoms with Crippen molar-refractivity contribution in [2.45, 2.75) is 0 Å². The summed E-state index contributed by atoms with van der Waals surface area (Å²) >= 11 is 5.00. The first-order valence-electron chi connectivity index (χ1n) is 6.63. The third kappa shape index (κ3) is 3.19. The molecule has 5 nitrogen and oxygen atoms in total. The first-order valence-corrected chi connectivity index (χ1v) is 8.30. The highest BCUT2D eigenvalue weighted by atomic mass is 79.9. The van der Waals surface area contributed by atoms with Gasteiger partial charge in [0.2, 0.25) is 0 Å². The normalized spacial score (nSPS) is 15.3. The molecule has 1 aromatic heterocycles. The lowest BCUT2D eigenvalue weighted by atomic mass is 10.1. The third-order valence-corrected chi connectivity index (χ3v) is 4.71. The standard InChI is InChI=1S/C14H15BrN4OS/c15-11-7-10(8-12(16)9-11)13(20)18-2-4-19(5-3-18)14-17-1-6-21-14/h1,6-9H,2-5,16H2. The minimum Gasteiger partial charge on any atom is -0.399 e. The van der Waals surface area contributed by atoms with Gasteiger partial charge in [0.15, 0.2) is 5.13 Å². The number of rotatable bonds is 2. The number of hydrogen-bond donors (Lipinski definition) is 1. The van der Waals surface area contributed by atoms with E-state index in [0.717, 1.165) is 22.7 Å². The Kier molecular flexibility index (Phi) is 4.12. The molecular weight excluding hydrogens is 352 g/mol. The Hall–Kier alpha value is -1.60. The molecule has 1 aliphatic rings. The molecule has 110 valence electrons. The third-order valence-electron chi connectivity index (χ3n) is 3.42. The van der Waals surface area contributed by atoms with Crippen LogP contribution in [0.3, 0.4) is 0 Å². The van der Waals surface area contributed by atoms with Crippen LogP contribution in [0, 0.1) is 0 Å². The van der Waals surface area contributed by atoms with Crippen molar-refractivity contribution < 1.29 is 4.79 Å². The smallest absolute Gasteiger partial charge is 0.254 e. The summed E-state index contributed by atoms with van der Waals surface area (Å²) in [6, 6.07) is 5.32. The van der Waals surface area contributed by atoms with E-state index >= 15 is 0 Å². The summed E-state index contributed by atoms with van der Waals surface area (Å²) in [4.78, 5) is 20.9. The maximum absolute atomic E-state index is 12.5. The van der Waals surface area contributed by atoms with E-state index in [1.54, 1.807) is 23.5 Å². The molecule has 1 aromatic carbocycles. The van der Waals surface area contributed by atoms with Gasteiger partial charge in [-0.2, -0.15) is 0 Å². The van der Waals surface area contributed by atoms with Crippen LogP contribution in [0.15, 0.2) is 34.2 Å². The second-order valence-corrected chi connectivity index (χ2v) is 6.66. The predicted octanol–water partition coefficient (Wildman–Crippen LogP) is 2.45. The summed E-state index contributed by atoms with van der Waals surface area (Å²) < 4.78 is 0.826. The van der Waals surface area contributed by atoms with Crippen molar-refractivity contribution in [2.24, 2.45) is 0 Å². The van der Waals surface area contributed by atoms with Crippen LogP contribution in [0.2, 0.25) is 0 Å². The van der Waals surface area contributed by atoms with Crippen LogP contribution in [0.25, 0.3) is 0 Å². The summed E-state index contributed by atoms with van der Waals surface area (Å²) in [6.07, 6.45) is 1.81. The Balaban J connectivity index is 1.67. The molecule has 0 spiro atoms. The summed E-state index contributed by atoms with van der Waals surface area (Å²) in [5.74, 6) is 0.0294. The lowest BCUT2D eigenvalue weighted by Gasteiger charge is -2.34. The van der Waals surface area contributed by atoms with Gasteiger partial charge in [-0.25, -0.2) is 4.98 Å². The summed E-state index contributed by atoms with van der Waals surface area (Å²) in [6.45, 7) is 3.02. The molecule has 1 amide bonds. The Bertz CT molecular complexity index is 618. The van der Waals surface area contributed by atoms with E-state index in [0.29, 0.717) is 24.3 Å². The van der Waals surface area contributed by atoms with Gasteiger partial charge in [-0.15, -0.1) is 11.3 Å². The molecular formula is C14H15BrN4OS. The van der Waals surface area contributed by atoms with E-state index in [4.69, 9.17) is 5.73 Å². The van der Waals surface area contributed by atoms with Gasteiger partial charge in [0.1, 0.15) is 0 Å². The molecule has 0 bridgehead atoms.